The Morgan fingerprint density at radius 1 is 0.778 bits per heavy atom. The number of nitrogens with two attached hydrogens (primary N) is 3. The van der Waals surface area contributed by atoms with Crippen molar-refractivity contribution >= 4 is 35.2 Å². The van der Waals surface area contributed by atoms with Crippen LogP contribution in [0.4, 0.5) is 31.4 Å². The normalized spacial score (nSPS) is 9.33. The van der Waals surface area contributed by atoms with E-state index < -0.39 is 18.1 Å². The van der Waals surface area contributed by atoms with E-state index in [-0.39, 0.29) is 17.1 Å². The maximum Gasteiger partial charge on any atom is 0.316 e. The maximum atomic E-state index is 10.9. The van der Waals surface area contributed by atoms with E-state index in [1.807, 2.05) is 0 Å². The number of carbonyl (C=O) groups is 3. The molecular weight excluding hydrogens is 240 g/mol. The second kappa shape index (κ2) is 5.39. The number of hydrogen-bond donors (Lipinski definition) is 6. The fraction of sp³-hybridized carbons (Fsp3) is 0. The van der Waals surface area contributed by atoms with Crippen LogP contribution in [0.25, 0.3) is 0 Å². The molecule has 1 aromatic carbocycles. The second-order valence-electron chi connectivity index (χ2n) is 3.20. The molecule has 0 atom stereocenters. The number of urea groups is 3. The summed E-state index contributed by atoms with van der Waals surface area (Å²) in [5, 5.41) is 6.79. The van der Waals surface area contributed by atoms with Crippen LogP contribution in [0, 0.1) is 0 Å². The molecule has 0 aromatic heterocycles. The first-order chi connectivity index (χ1) is 8.40. The zero-order chi connectivity index (χ0) is 13.7. The number of para-hydroxylation sites is 1. The van der Waals surface area contributed by atoms with Crippen molar-refractivity contribution in [3.05, 3.63) is 18.2 Å². The summed E-state index contributed by atoms with van der Waals surface area (Å²) in [5.41, 5.74) is 15.4. The number of carbonyl (C=O) groups excluding carboxylic acids is 3. The van der Waals surface area contributed by atoms with E-state index in [9.17, 15) is 14.4 Å². The minimum absolute atomic E-state index is 0.0857. The van der Waals surface area contributed by atoms with E-state index in [1.165, 1.54) is 18.2 Å². The number of anilines is 3. The quantitative estimate of drug-likeness (QED) is 0.451. The monoisotopic (exact) mass is 252 g/mol. The summed E-state index contributed by atoms with van der Waals surface area (Å²) < 4.78 is 0. The van der Waals surface area contributed by atoms with E-state index >= 15 is 0 Å². The minimum atomic E-state index is -0.874. The van der Waals surface area contributed by atoms with Crippen LogP contribution in [0.3, 0.4) is 0 Å². The molecule has 0 spiro atoms. The van der Waals surface area contributed by atoms with Gasteiger partial charge in [-0.2, -0.15) is 0 Å². The molecule has 9 N–H and O–H groups in total. The molecule has 9 heteroatoms. The van der Waals surface area contributed by atoms with Crippen LogP contribution < -0.4 is 33.2 Å². The Balaban J connectivity index is 3.19. The molecule has 18 heavy (non-hydrogen) atoms. The Kier molecular flexibility index (Phi) is 3.92. The number of hydrogen-bond acceptors (Lipinski definition) is 3. The summed E-state index contributed by atoms with van der Waals surface area (Å²) in [5.74, 6) is 0. The summed E-state index contributed by atoms with van der Waals surface area (Å²) in [7, 11) is 0. The third kappa shape index (κ3) is 3.56. The summed E-state index contributed by atoms with van der Waals surface area (Å²) >= 11 is 0. The predicted molar refractivity (Wildman–Crippen MR) is 66.1 cm³/mol. The molecule has 0 saturated heterocycles. The van der Waals surface area contributed by atoms with Gasteiger partial charge in [0.1, 0.15) is 0 Å². The summed E-state index contributed by atoms with van der Waals surface area (Å²) in [4.78, 5) is 32.5. The van der Waals surface area contributed by atoms with Crippen LogP contribution in [0.5, 0.6) is 0 Å². The Bertz CT molecular complexity index is 467. The molecular formula is C9H12N6O3. The van der Waals surface area contributed by atoms with Crippen LogP contribution in [0.15, 0.2) is 18.2 Å². The zero-order valence-corrected chi connectivity index (χ0v) is 9.19. The van der Waals surface area contributed by atoms with E-state index in [0.29, 0.717) is 0 Å². The van der Waals surface area contributed by atoms with Crippen molar-refractivity contribution in [1.82, 2.24) is 0 Å². The molecule has 0 bridgehead atoms. The van der Waals surface area contributed by atoms with Crippen molar-refractivity contribution in [1.29, 1.82) is 0 Å². The third-order valence-electron chi connectivity index (χ3n) is 1.83. The highest BCUT2D eigenvalue weighted by Crippen LogP contribution is 2.30. The van der Waals surface area contributed by atoms with Gasteiger partial charge in [0.15, 0.2) is 0 Å². The molecule has 0 aliphatic heterocycles. The SMILES string of the molecule is NC(=O)Nc1cccc(NC(N)=O)c1NC(N)=O. The fourth-order valence-corrected chi connectivity index (χ4v) is 1.28. The van der Waals surface area contributed by atoms with E-state index in [4.69, 9.17) is 17.2 Å². The highest BCUT2D eigenvalue weighted by atomic mass is 16.2. The molecule has 0 aliphatic carbocycles. The highest BCUT2D eigenvalue weighted by molar-refractivity contribution is 6.04. The topological polar surface area (TPSA) is 165 Å². The van der Waals surface area contributed by atoms with Gasteiger partial charge in [0.25, 0.3) is 0 Å². The molecule has 1 rings (SSSR count). The van der Waals surface area contributed by atoms with Gasteiger partial charge in [-0.05, 0) is 12.1 Å². The molecule has 0 heterocycles. The standard InChI is InChI=1S/C9H12N6O3/c10-7(16)13-4-2-1-3-5(14-8(11)17)6(4)15-9(12)18/h1-3H,(H3,10,13,16)(H3,11,14,17)(H3,12,15,18). The average Bonchev–Trinajstić information content (AvgIpc) is 2.20. The van der Waals surface area contributed by atoms with Crippen molar-refractivity contribution in [2.45, 2.75) is 0 Å². The molecule has 0 saturated carbocycles. The predicted octanol–water partition coefficient (Wildman–Crippen LogP) is 0.158. The molecule has 0 aliphatic rings. The van der Waals surface area contributed by atoms with Gasteiger partial charge in [-0.15, -0.1) is 0 Å². The van der Waals surface area contributed by atoms with Crippen LogP contribution in [0.1, 0.15) is 0 Å². The van der Waals surface area contributed by atoms with Crippen molar-refractivity contribution in [3.63, 3.8) is 0 Å². The van der Waals surface area contributed by atoms with E-state index in [2.05, 4.69) is 16.0 Å². The number of benzene rings is 1. The molecule has 0 radical (unpaired) electrons. The lowest BCUT2D eigenvalue weighted by atomic mass is 10.2. The highest BCUT2D eigenvalue weighted by Gasteiger charge is 2.12. The summed E-state index contributed by atoms with van der Waals surface area (Å²) in [6.45, 7) is 0. The van der Waals surface area contributed by atoms with Crippen LogP contribution in [0.2, 0.25) is 0 Å². The van der Waals surface area contributed by atoms with Crippen molar-refractivity contribution in [2.24, 2.45) is 17.2 Å². The molecule has 96 valence electrons. The maximum absolute atomic E-state index is 10.9. The van der Waals surface area contributed by atoms with Gasteiger partial charge in [0, 0.05) is 0 Å². The zero-order valence-electron chi connectivity index (χ0n) is 9.19. The fourth-order valence-electron chi connectivity index (χ4n) is 1.28. The largest absolute Gasteiger partial charge is 0.351 e. The third-order valence-corrected chi connectivity index (χ3v) is 1.83. The number of primary amides is 3. The molecule has 0 unspecified atom stereocenters. The molecule has 6 amide bonds. The lowest BCUT2D eigenvalue weighted by molar-refractivity contribution is 0.258. The van der Waals surface area contributed by atoms with Gasteiger partial charge in [0.05, 0.1) is 17.1 Å². The van der Waals surface area contributed by atoms with Gasteiger partial charge in [-0.1, -0.05) is 6.07 Å². The Morgan fingerprint density at radius 2 is 1.17 bits per heavy atom. The van der Waals surface area contributed by atoms with Crippen molar-refractivity contribution in [2.75, 3.05) is 16.0 Å². The number of rotatable bonds is 3. The lowest BCUT2D eigenvalue weighted by Gasteiger charge is -2.14. The Morgan fingerprint density at radius 3 is 1.50 bits per heavy atom. The summed E-state index contributed by atoms with van der Waals surface area (Å²) in [6, 6.07) is 1.89. The van der Waals surface area contributed by atoms with Crippen molar-refractivity contribution in [3.8, 4) is 0 Å². The molecule has 9 nitrogen and oxygen atoms in total. The number of amides is 6. The average molecular weight is 252 g/mol. The first-order valence-corrected chi connectivity index (χ1v) is 4.72. The molecule has 0 fully saturated rings. The Hall–Kier alpha value is -2.97. The van der Waals surface area contributed by atoms with Crippen LogP contribution in [-0.4, -0.2) is 18.1 Å². The lowest BCUT2D eigenvalue weighted by Crippen LogP contribution is -2.26. The van der Waals surface area contributed by atoms with E-state index in [1.54, 1.807) is 0 Å². The van der Waals surface area contributed by atoms with E-state index in [0.717, 1.165) is 0 Å². The van der Waals surface area contributed by atoms with Crippen LogP contribution >= 0.6 is 0 Å². The van der Waals surface area contributed by atoms with Gasteiger partial charge in [-0.25, -0.2) is 14.4 Å². The smallest absolute Gasteiger partial charge is 0.316 e. The van der Waals surface area contributed by atoms with Gasteiger partial charge < -0.3 is 33.2 Å². The minimum Gasteiger partial charge on any atom is -0.351 e. The van der Waals surface area contributed by atoms with Gasteiger partial charge in [0.2, 0.25) is 0 Å². The van der Waals surface area contributed by atoms with Gasteiger partial charge >= 0.3 is 18.1 Å². The first-order valence-electron chi connectivity index (χ1n) is 4.72. The Labute approximate surface area is 102 Å². The second-order valence-corrected chi connectivity index (χ2v) is 3.20. The number of nitrogens with one attached hydrogen (secondary N) is 3. The molecule has 1 aromatic rings. The van der Waals surface area contributed by atoms with Crippen molar-refractivity contribution < 1.29 is 14.4 Å². The van der Waals surface area contributed by atoms with Crippen LogP contribution in [-0.2, 0) is 0 Å². The van der Waals surface area contributed by atoms with Gasteiger partial charge in [-0.3, -0.25) is 0 Å². The first kappa shape index (κ1) is 13.1. The summed E-state index contributed by atoms with van der Waals surface area (Å²) in [6.07, 6.45) is 0.